The van der Waals surface area contributed by atoms with Gasteiger partial charge in [0, 0.05) is 31.1 Å². The van der Waals surface area contributed by atoms with E-state index in [2.05, 4.69) is 0 Å². The molecule has 0 aliphatic rings. The topological polar surface area (TPSA) is 46.6 Å². The summed E-state index contributed by atoms with van der Waals surface area (Å²) in [5.74, 6) is -1.09. The van der Waals surface area contributed by atoms with E-state index in [9.17, 15) is 18.4 Å². The van der Waals surface area contributed by atoms with E-state index >= 15 is 0 Å². The monoisotopic (exact) mass is 401 g/mol. The van der Waals surface area contributed by atoms with Gasteiger partial charge in [-0.05, 0) is 56.2 Å². The van der Waals surface area contributed by atoms with Gasteiger partial charge >= 0.3 is 0 Å². The molecule has 0 radical (unpaired) electrons. The van der Waals surface area contributed by atoms with E-state index < -0.39 is 11.6 Å². The molecule has 0 aliphatic carbocycles. The number of hydrogen-bond acceptors (Lipinski definition) is 3. The molecule has 1 amide bonds. The van der Waals surface area contributed by atoms with Crippen LogP contribution in [0.4, 0.5) is 8.78 Å². The third-order valence-electron chi connectivity index (χ3n) is 4.67. The second-order valence-corrected chi connectivity index (χ2v) is 6.52. The van der Waals surface area contributed by atoms with Crippen LogP contribution in [0.2, 0.25) is 0 Å². The van der Waals surface area contributed by atoms with E-state index in [0.717, 1.165) is 29.6 Å². The highest BCUT2D eigenvalue weighted by molar-refractivity contribution is 5.95. The lowest BCUT2D eigenvalue weighted by atomic mass is 10.0. The van der Waals surface area contributed by atoms with Crippen LogP contribution in [0, 0.1) is 11.6 Å². The van der Waals surface area contributed by atoms with Gasteiger partial charge in [-0.2, -0.15) is 0 Å². The van der Waals surface area contributed by atoms with E-state index in [1.807, 2.05) is 20.8 Å². The summed E-state index contributed by atoms with van der Waals surface area (Å²) in [6.45, 7) is 6.59. The number of allylic oxidation sites excluding steroid dienone is 1. The van der Waals surface area contributed by atoms with Crippen molar-refractivity contribution in [3.63, 3.8) is 0 Å². The average molecular weight is 401 g/mol. The first-order chi connectivity index (χ1) is 13.9. The van der Waals surface area contributed by atoms with Gasteiger partial charge in [-0.3, -0.25) is 4.79 Å². The second kappa shape index (κ2) is 10.5. The Hall–Kier alpha value is -3.02. The normalized spacial score (nSPS) is 11.3. The standard InChI is InChI=1S/C23H25F2NO3/c1-4-26(5-2)23(28)13-16(3)17-9-10-22(18(14-17)11-12-27)29-15-19-20(24)7-6-8-21(19)25/h6-10,12-14H,4-5,11,15H2,1-3H3/b16-13-. The Labute approximate surface area is 169 Å². The number of amides is 1. The number of carbonyl (C=O) groups excluding carboxylic acids is 2. The number of hydrogen-bond donors (Lipinski definition) is 0. The quantitative estimate of drug-likeness (QED) is 0.457. The van der Waals surface area contributed by atoms with E-state index in [1.54, 1.807) is 29.2 Å². The molecule has 0 aromatic heterocycles. The molecule has 29 heavy (non-hydrogen) atoms. The molecule has 0 fully saturated rings. The van der Waals surface area contributed by atoms with Gasteiger partial charge in [-0.25, -0.2) is 8.78 Å². The Morgan fingerprint density at radius 3 is 2.34 bits per heavy atom. The minimum atomic E-state index is -0.688. The number of benzene rings is 2. The summed E-state index contributed by atoms with van der Waals surface area (Å²) in [5.41, 5.74) is 1.93. The first-order valence-corrected chi connectivity index (χ1v) is 9.51. The van der Waals surface area contributed by atoms with Crippen LogP contribution >= 0.6 is 0 Å². The fourth-order valence-electron chi connectivity index (χ4n) is 2.93. The number of nitrogens with zero attached hydrogens (tertiary/aromatic N) is 1. The smallest absolute Gasteiger partial charge is 0.246 e. The molecule has 0 N–H and O–H groups in total. The van der Waals surface area contributed by atoms with Crippen LogP contribution in [0.25, 0.3) is 5.57 Å². The molecular weight excluding hydrogens is 376 g/mol. The van der Waals surface area contributed by atoms with Crippen molar-refractivity contribution >= 4 is 17.8 Å². The van der Waals surface area contributed by atoms with Crippen molar-refractivity contribution in [3.8, 4) is 5.75 Å². The highest BCUT2D eigenvalue weighted by atomic mass is 19.1. The largest absolute Gasteiger partial charge is 0.488 e. The molecule has 2 aromatic rings. The maximum atomic E-state index is 13.8. The molecule has 0 atom stereocenters. The molecule has 154 valence electrons. The van der Waals surface area contributed by atoms with Crippen molar-refractivity contribution in [2.45, 2.75) is 33.8 Å². The van der Waals surface area contributed by atoms with Crippen molar-refractivity contribution in [1.29, 1.82) is 0 Å². The van der Waals surface area contributed by atoms with Crippen LogP contribution in [-0.2, 0) is 22.6 Å². The fraction of sp³-hybridized carbons (Fsp3) is 0.304. The molecular formula is C23H25F2NO3. The first kappa shape index (κ1) is 22.3. The maximum Gasteiger partial charge on any atom is 0.246 e. The Balaban J connectivity index is 2.26. The SMILES string of the molecule is CCN(CC)C(=O)/C=C(/C)c1ccc(OCc2c(F)cccc2F)c(CC=O)c1. The summed E-state index contributed by atoms with van der Waals surface area (Å²) >= 11 is 0. The number of likely N-dealkylation sites (N-methyl/N-ethyl adjacent to an activating group) is 1. The van der Waals surface area contributed by atoms with E-state index in [4.69, 9.17) is 4.74 Å². The predicted molar refractivity (Wildman–Crippen MR) is 108 cm³/mol. The lowest BCUT2D eigenvalue weighted by molar-refractivity contribution is -0.125. The lowest BCUT2D eigenvalue weighted by Gasteiger charge is -2.17. The number of aldehydes is 1. The molecule has 4 nitrogen and oxygen atoms in total. The third-order valence-corrected chi connectivity index (χ3v) is 4.67. The molecule has 6 heteroatoms. The molecule has 2 rings (SSSR count). The van der Waals surface area contributed by atoms with E-state index in [-0.39, 0.29) is 24.5 Å². The molecule has 0 spiro atoms. The lowest BCUT2D eigenvalue weighted by Crippen LogP contribution is -2.28. The minimum Gasteiger partial charge on any atom is -0.488 e. The van der Waals surface area contributed by atoms with E-state index in [0.29, 0.717) is 24.4 Å². The molecule has 0 heterocycles. The van der Waals surface area contributed by atoms with Crippen LogP contribution in [0.5, 0.6) is 5.75 Å². The Morgan fingerprint density at radius 1 is 1.10 bits per heavy atom. The summed E-state index contributed by atoms with van der Waals surface area (Å²) in [6.07, 6.45) is 2.37. The van der Waals surface area contributed by atoms with Crippen molar-refractivity contribution in [3.05, 3.63) is 70.8 Å². The number of carbonyl (C=O) groups is 2. The number of ether oxygens (including phenoxy) is 1. The van der Waals surface area contributed by atoms with Gasteiger partial charge in [-0.15, -0.1) is 0 Å². The minimum absolute atomic E-state index is 0.0835. The van der Waals surface area contributed by atoms with Gasteiger partial charge in [0.25, 0.3) is 0 Å². The van der Waals surface area contributed by atoms with Crippen LogP contribution in [-0.4, -0.2) is 30.2 Å². The van der Waals surface area contributed by atoms with Crippen molar-refractivity contribution in [2.75, 3.05) is 13.1 Å². The fourth-order valence-corrected chi connectivity index (χ4v) is 2.93. The van der Waals surface area contributed by atoms with Gasteiger partial charge < -0.3 is 14.4 Å². The highest BCUT2D eigenvalue weighted by Crippen LogP contribution is 2.26. The van der Waals surface area contributed by atoms with Crippen LogP contribution in [0.15, 0.2) is 42.5 Å². The summed E-state index contributed by atoms with van der Waals surface area (Å²) in [4.78, 5) is 25.1. The first-order valence-electron chi connectivity index (χ1n) is 9.51. The van der Waals surface area contributed by atoms with Gasteiger partial charge in [-0.1, -0.05) is 12.1 Å². The van der Waals surface area contributed by atoms with Crippen molar-refractivity contribution < 1.29 is 23.1 Å². The molecule has 0 saturated heterocycles. The molecule has 0 aliphatic heterocycles. The number of halogens is 2. The van der Waals surface area contributed by atoms with Gasteiger partial charge in [0.05, 0.1) is 5.56 Å². The van der Waals surface area contributed by atoms with Crippen LogP contribution < -0.4 is 4.74 Å². The summed E-state index contributed by atoms with van der Waals surface area (Å²) in [7, 11) is 0. The van der Waals surface area contributed by atoms with Gasteiger partial charge in [0.2, 0.25) is 5.91 Å². The van der Waals surface area contributed by atoms with E-state index in [1.165, 1.54) is 6.07 Å². The molecule has 0 saturated carbocycles. The molecule has 0 unspecified atom stereocenters. The summed E-state index contributed by atoms with van der Waals surface area (Å²) < 4.78 is 33.2. The predicted octanol–water partition coefficient (Wildman–Crippen LogP) is 4.56. The zero-order valence-corrected chi connectivity index (χ0v) is 16.9. The molecule has 2 aromatic carbocycles. The summed E-state index contributed by atoms with van der Waals surface area (Å²) in [5, 5.41) is 0. The van der Waals surface area contributed by atoms with Crippen molar-refractivity contribution in [1.82, 2.24) is 4.90 Å². The van der Waals surface area contributed by atoms with Crippen LogP contribution in [0.1, 0.15) is 37.5 Å². The highest BCUT2D eigenvalue weighted by Gasteiger charge is 2.13. The second-order valence-electron chi connectivity index (χ2n) is 6.52. The maximum absolute atomic E-state index is 13.8. The summed E-state index contributed by atoms with van der Waals surface area (Å²) in [6, 6.07) is 8.77. The Bertz CT molecular complexity index is 885. The van der Waals surface area contributed by atoms with Gasteiger partial charge in [0.1, 0.15) is 30.3 Å². The third kappa shape index (κ3) is 5.73. The zero-order chi connectivity index (χ0) is 21.4. The average Bonchev–Trinajstić information content (AvgIpc) is 2.69. The Kier molecular flexibility index (Phi) is 8.07. The zero-order valence-electron chi connectivity index (χ0n) is 16.9. The van der Waals surface area contributed by atoms with Gasteiger partial charge in [0.15, 0.2) is 0 Å². The Morgan fingerprint density at radius 2 is 1.76 bits per heavy atom. The van der Waals surface area contributed by atoms with Crippen molar-refractivity contribution in [2.24, 2.45) is 0 Å². The van der Waals surface area contributed by atoms with Crippen LogP contribution in [0.3, 0.4) is 0 Å². The molecule has 0 bridgehead atoms. The number of rotatable bonds is 9.